The van der Waals surface area contributed by atoms with Crippen molar-refractivity contribution in [1.82, 2.24) is 19.8 Å². The number of ether oxygens (including phenoxy) is 1. The van der Waals surface area contributed by atoms with Crippen molar-refractivity contribution in [2.24, 2.45) is 11.7 Å². The third-order valence-electron chi connectivity index (χ3n) is 10.3. The zero-order valence-corrected chi connectivity index (χ0v) is 31.2. The molecule has 6 heterocycles. The normalized spacial score (nSPS) is 16.5. The number of nitrogens with two attached hydrogens (primary N) is 1. The number of aromatic nitrogens is 2. The summed E-state index contributed by atoms with van der Waals surface area (Å²) < 4.78 is 16.6. The van der Waals surface area contributed by atoms with Crippen molar-refractivity contribution < 1.29 is 18.4 Å². The predicted octanol–water partition coefficient (Wildman–Crippen LogP) is 8.86. The number of furan rings is 2. The molecule has 0 bridgehead atoms. The number of nitrogens with zero attached hydrogens (tertiary/aromatic N) is 4. The summed E-state index contributed by atoms with van der Waals surface area (Å²) >= 11 is 0. The number of hydrogen-bond donors (Lipinski definition) is 1. The number of hydrogen-bond acceptors (Lipinski definition) is 9. The van der Waals surface area contributed by atoms with E-state index in [0.717, 1.165) is 104 Å². The number of fused-ring (bicyclic) bond motifs is 2. The Labute approximate surface area is 312 Å². The number of carbonyl (C=O) groups excluding carboxylic acids is 1. The van der Waals surface area contributed by atoms with E-state index in [-0.39, 0.29) is 5.97 Å². The summed E-state index contributed by atoms with van der Waals surface area (Å²) in [6.45, 7) is 11.8. The summed E-state index contributed by atoms with van der Waals surface area (Å²) in [4.78, 5) is 25.8. The molecule has 4 aromatic heterocycles. The second-order valence-electron chi connectivity index (χ2n) is 15.6. The van der Waals surface area contributed by atoms with E-state index in [9.17, 15) is 4.79 Å². The minimum absolute atomic E-state index is 0.0745. The molecule has 2 aliphatic heterocycles. The first-order valence-corrected chi connectivity index (χ1v) is 18.9. The average Bonchev–Trinajstić information content (AvgIpc) is 3.89. The Balaban J connectivity index is 0.000000170. The average molecular weight is 714 g/mol. The number of likely N-dealkylation sites (tertiary alicyclic amines) is 2. The molecule has 0 saturated carbocycles. The van der Waals surface area contributed by atoms with E-state index in [0.29, 0.717) is 18.4 Å². The van der Waals surface area contributed by atoms with Gasteiger partial charge in [-0.25, -0.2) is 0 Å². The summed E-state index contributed by atoms with van der Waals surface area (Å²) in [5, 5.41) is 4.62. The van der Waals surface area contributed by atoms with Gasteiger partial charge in [-0.3, -0.25) is 24.6 Å². The molecule has 53 heavy (non-hydrogen) atoms. The molecular weight excluding hydrogens is 663 g/mol. The quantitative estimate of drug-likeness (QED) is 0.155. The van der Waals surface area contributed by atoms with Crippen LogP contribution in [0.2, 0.25) is 0 Å². The van der Waals surface area contributed by atoms with Gasteiger partial charge in [-0.05, 0) is 137 Å². The molecule has 2 N–H and O–H groups in total. The second-order valence-corrected chi connectivity index (χ2v) is 15.6. The van der Waals surface area contributed by atoms with Gasteiger partial charge in [0.1, 0.15) is 17.1 Å². The molecule has 0 amide bonds. The fourth-order valence-corrected chi connectivity index (χ4v) is 7.47. The molecule has 0 spiro atoms. The van der Waals surface area contributed by atoms with Crippen LogP contribution >= 0.6 is 0 Å². The highest BCUT2D eigenvalue weighted by atomic mass is 16.6. The van der Waals surface area contributed by atoms with Crippen LogP contribution in [0.25, 0.3) is 44.2 Å². The molecule has 2 aliphatic rings. The maximum Gasteiger partial charge on any atom is 0.306 e. The largest absolute Gasteiger partial charge is 0.464 e. The van der Waals surface area contributed by atoms with Gasteiger partial charge in [-0.2, -0.15) is 0 Å². The molecule has 2 saturated heterocycles. The van der Waals surface area contributed by atoms with Crippen LogP contribution in [0.1, 0.15) is 64.0 Å². The lowest BCUT2D eigenvalue weighted by atomic mass is 9.93. The van der Waals surface area contributed by atoms with Crippen molar-refractivity contribution in [2.45, 2.75) is 77.6 Å². The number of piperidine rings is 2. The summed E-state index contributed by atoms with van der Waals surface area (Å²) in [5.74, 6) is 2.05. The third kappa shape index (κ3) is 9.59. The topological polar surface area (TPSA) is 111 Å². The van der Waals surface area contributed by atoms with Crippen LogP contribution in [0.15, 0.2) is 107 Å². The Hall–Kier alpha value is -4.83. The molecule has 2 fully saturated rings. The van der Waals surface area contributed by atoms with E-state index in [1.54, 1.807) is 12.5 Å². The van der Waals surface area contributed by atoms with Crippen LogP contribution in [0.5, 0.6) is 0 Å². The molecule has 9 heteroatoms. The molecule has 9 nitrogen and oxygen atoms in total. The van der Waals surface area contributed by atoms with Crippen molar-refractivity contribution >= 4 is 27.5 Å². The van der Waals surface area contributed by atoms with Gasteiger partial charge in [0.05, 0.1) is 12.5 Å². The number of carbonyl (C=O) groups is 1. The standard InChI is InChI=1S/C25H30N2O3.C19H21N3O/c1-25(2,3)30-24(28)14-18-8-10-27(11-9-18)17-19-6-7-20-15-26-16-22(21(20)13-19)23-5-4-12-29-23;20-16-5-7-22(8-6-16)13-14-3-4-15-11-21-12-18(17(15)10-14)19-2-1-9-23-19/h4-7,12-13,15-16,18H,8-11,14,17H2,1-3H3;1-4,9-12,16H,5-8,13,20H2. The fraction of sp³-hybridized carbons (Fsp3) is 0.386. The van der Waals surface area contributed by atoms with Gasteiger partial charge in [0, 0.05) is 72.2 Å². The van der Waals surface area contributed by atoms with Crippen molar-refractivity contribution in [2.75, 3.05) is 26.2 Å². The van der Waals surface area contributed by atoms with Crippen LogP contribution in [-0.2, 0) is 22.6 Å². The summed E-state index contributed by atoms with van der Waals surface area (Å²) in [6, 6.07) is 21.3. The maximum absolute atomic E-state index is 12.1. The number of esters is 1. The van der Waals surface area contributed by atoms with Gasteiger partial charge in [0.25, 0.3) is 0 Å². The van der Waals surface area contributed by atoms with E-state index in [1.807, 2.05) is 69.8 Å². The highest BCUT2D eigenvalue weighted by molar-refractivity contribution is 5.95. The van der Waals surface area contributed by atoms with E-state index in [1.165, 1.54) is 16.5 Å². The second kappa shape index (κ2) is 16.5. The molecule has 8 rings (SSSR count). The monoisotopic (exact) mass is 713 g/mol. The number of pyridine rings is 2. The molecule has 0 radical (unpaired) electrons. The zero-order chi connectivity index (χ0) is 36.8. The van der Waals surface area contributed by atoms with Crippen LogP contribution in [0, 0.1) is 5.92 Å². The molecule has 6 aromatic rings. The highest BCUT2D eigenvalue weighted by Crippen LogP contribution is 2.31. The first-order valence-electron chi connectivity index (χ1n) is 18.9. The Bertz CT molecular complexity index is 2090. The summed E-state index contributed by atoms with van der Waals surface area (Å²) in [5.41, 5.74) is 10.3. The van der Waals surface area contributed by atoms with Gasteiger partial charge < -0.3 is 19.3 Å². The first-order chi connectivity index (χ1) is 25.7. The molecule has 0 unspecified atom stereocenters. The van der Waals surface area contributed by atoms with Gasteiger partial charge in [-0.1, -0.05) is 24.3 Å². The predicted molar refractivity (Wildman–Crippen MR) is 210 cm³/mol. The number of rotatable bonds is 8. The Morgan fingerprint density at radius 3 is 1.68 bits per heavy atom. The smallest absolute Gasteiger partial charge is 0.306 e. The Morgan fingerprint density at radius 2 is 1.23 bits per heavy atom. The molecular formula is C44H51N5O4. The summed E-state index contributed by atoms with van der Waals surface area (Å²) in [7, 11) is 0. The van der Waals surface area contributed by atoms with E-state index >= 15 is 0 Å². The lowest BCUT2D eigenvalue weighted by Gasteiger charge is -2.32. The molecule has 0 aliphatic carbocycles. The molecule has 0 atom stereocenters. The highest BCUT2D eigenvalue weighted by Gasteiger charge is 2.25. The molecule has 276 valence electrons. The van der Waals surface area contributed by atoms with Crippen LogP contribution in [-0.4, -0.2) is 63.6 Å². The maximum atomic E-state index is 12.1. The zero-order valence-electron chi connectivity index (χ0n) is 31.2. The first kappa shape index (κ1) is 36.5. The van der Waals surface area contributed by atoms with Crippen molar-refractivity contribution in [3.05, 3.63) is 109 Å². The Morgan fingerprint density at radius 1 is 0.736 bits per heavy atom. The van der Waals surface area contributed by atoms with Crippen LogP contribution < -0.4 is 5.73 Å². The lowest BCUT2D eigenvalue weighted by molar-refractivity contribution is -0.156. The third-order valence-corrected chi connectivity index (χ3v) is 10.3. The van der Waals surface area contributed by atoms with Crippen LogP contribution in [0.3, 0.4) is 0 Å². The van der Waals surface area contributed by atoms with Gasteiger partial charge >= 0.3 is 5.97 Å². The van der Waals surface area contributed by atoms with E-state index in [4.69, 9.17) is 19.3 Å². The van der Waals surface area contributed by atoms with Gasteiger partial charge in [0.15, 0.2) is 0 Å². The van der Waals surface area contributed by atoms with Gasteiger partial charge in [-0.15, -0.1) is 0 Å². The van der Waals surface area contributed by atoms with Crippen molar-refractivity contribution in [1.29, 1.82) is 0 Å². The van der Waals surface area contributed by atoms with Crippen LogP contribution in [0.4, 0.5) is 0 Å². The summed E-state index contributed by atoms with van der Waals surface area (Å²) in [6.07, 6.45) is 15.7. The number of benzene rings is 2. The molecule has 2 aromatic carbocycles. The minimum Gasteiger partial charge on any atom is -0.464 e. The van der Waals surface area contributed by atoms with E-state index < -0.39 is 5.60 Å². The van der Waals surface area contributed by atoms with Gasteiger partial charge in [0.2, 0.25) is 0 Å². The van der Waals surface area contributed by atoms with Crippen molar-refractivity contribution in [3.63, 3.8) is 0 Å². The SMILES string of the molecule is CC(C)(C)OC(=O)CC1CCN(Cc2ccc3cncc(-c4ccco4)c3c2)CC1.NC1CCN(Cc2ccc3cncc(-c4ccco4)c3c2)CC1. The fourth-order valence-electron chi connectivity index (χ4n) is 7.47. The Kier molecular flexibility index (Phi) is 11.3. The minimum atomic E-state index is -0.405. The lowest BCUT2D eigenvalue weighted by Crippen LogP contribution is -2.39. The van der Waals surface area contributed by atoms with E-state index in [2.05, 4.69) is 56.2 Å². The van der Waals surface area contributed by atoms with Crippen molar-refractivity contribution in [3.8, 4) is 22.6 Å².